The minimum absolute atomic E-state index is 0.0764. The van der Waals surface area contributed by atoms with Crippen molar-refractivity contribution in [3.05, 3.63) is 12.2 Å². The highest BCUT2D eigenvalue weighted by atomic mass is 28.4. The molecule has 0 aliphatic rings. The monoisotopic (exact) mass is 458 g/mol. The minimum atomic E-state index is -1.75. The van der Waals surface area contributed by atoms with Crippen LogP contribution < -0.4 is 0 Å². The van der Waals surface area contributed by atoms with Crippen LogP contribution in [0.1, 0.15) is 75.7 Å². The summed E-state index contributed by atoms with van der Waals surface area (Å²) in [6, 6.07) is 6.85. The zero-order valence-corrected chi connectivity index (χ0v) is 23.6. The Morgan fingerprint density at radius 1 is 0.867 bits per heavy atom. The molecule has 0 amide bonds. The van der Waals surface area contributed by atoms with Crippen molar-refractivity contribution in [3.8, 4) is 0 Å². The van der Waals surface area contributed by atoms with Crippen LogP contribution >= 0.6 is 0 Å². The molecular weight excluding hydrogens is 408 g/mol. The first-order valence-corrected chi connectivity index (χ1v) is 17.2. The second-order valence-corrected chi connectivity index (χ2v) is 19.1. The molecule has 0 aliphatic carbocycles. The van der Waals surface area contributed by atoms with E-state index >= 15 is 0 Å². The molecule has 0 rings (SSSR count). The summed E-state index contributed by atoms with van der Waals surface area (Å²) in [5.74, 6) is 0.00541. The first kappa shape index (κ1) is 29.6. The molecule has 0 fully saturated rings. The summed E-state index contributed by atoms with van der Waals surface area (Å²) in [6.07, 6.45) is 4.29. The Hall–Kier alpha value is -0.436. The van der Waals surface area contributed by atoms with Crippen molar-refractivity contribution in [1.29, 1.82) is 0 Å². The van der Waals surface area contributed by atoms with E-state index in [9.17, 15) is 4.79 Å². The van der Waals surface area contributed by atoms with Gasteiger partial charge in [0.05, 0.1) is 6.10 Å². The second-order valence-electron chi connectivity index (χ2n) is 9.60. The van der Waals surface area contributed by atoms with Crippen LogP contribution in [-0.2, 0) is 18.4 Å². The van der Waals surface area contributed by atoms with Gasteiger partial charge in [0.25, 0.3) is 0 Å². The standard InChI is InChI=1S/C24H50O4Si2/c1-11-29(12-2,13-3)26-20-21(7)22(28-30(14-4,15-5)16-6)18-17-19-23(25)27-24(8,9)10/h17,19,21-22H,11-16,18,20H2,1-10H3/b19-17+. The number of rotatable bonds is 15. The third kappa shape index (κ3) is 10.2. The van der Waals surface area contributed by atoms with Crippen molar-refractivity contribution in [3.63, 3.8) is 0 Å². The molecule has 0 aromatic carbocycles. The topological polar surface area (TPSA) is 44.8 Å². The minimum Gasteiger partial charge on any atom is -0.457 e. The van der Waals surface area contributed by atoms with Gasteiger partial charge in [-0.15, -0.1) is 0 Å². The summed E-state index contributed by atoms with van der Waals surface area (Å²) >= 11 is 0. The smallest absolute Gasteiger partial charge is 0.330 e. The number of esters is 1. The molecule has 0 spiro atoms. The third-order valence-electron chi connectivity index (χ3n) is 6.58. The van der Waals surface area contributed by atoms with E-state index < -0.39 is 22.2 Å². The zero-order chi connectivity index (χ0) is 23.4. The molecule has 0 saturated carbocycles. The van der Waals surface area contributed by atoms with Gasteiger partial charge in [-0.2, -0.15) is 0 Å². The van der Waals surface area contributed by atoms with Crippen LogP contribution in [-0.4, -0.2) is 40.9 Å². The molecule has 0 aromatic heterocycles. The normalized spacial score (nSPS) is 15.4. The summed E-state index contributed by atoms with van der Waals surface area (Å²) in [4.78, 5) is 12.1. The molecule has 0 bridgehead atoms. The average Bonchev–Trinajstić information content (AvgIpc) is 2.71. The molecule has 178 valence electrons. The molecule has 6 heteroatoms. The second kappa shape index (κ2) is 13.9. The van der Waals surface area contributed by atoms with Gasteiger partial charge in [0.15, 0.2) is 16.6 Å². The van der Waals surface area contributed by atoms with Crippen molar-refractivity contribution in [2.24, 2.45) is 5.92 Å². The number of hydrogen-bond acceptors (Lipinski definition) is 4. The Kier molecular flexibility index (Phi) is 13.7. The molecular formula is C24H50O4Si2. The van der Waals surface area contributed by atoms with Crippen molar-refractivity contribution in [2.45, 2.75) is 124 Å². The van der Waals surface area contributed by atoms with Crippen LogP contribution in [0.4, 0.5) is 0 Å². The molecule has 0 radical (unpaired) electrons. The Labute approximate surface area is 189 Å². The molecule has 30 heavy (non-hydrogen) atoms. The summed E-state index contributed by atoms with van der Waals surface area (Å²) in [7, 11) is -3.37. The molecule has 0 heterocycles. The quantitative estimate of drug-likeness (QED) is 0.146. The molecule has 0 saturated heterocycles. The summed E-state index contributed by atoms with van der Waals surface area (Å²) in [6.45, 7) is 22.2. The van der Waals surface area contributed by atoms with E-state index in [-0.39, 0.29) is 12.1 Å². The van der Waals surface area contributed by atoms with E-state index in [1.807, 2.05) is 26.8 Å². The molecule has 2 atom stereocenters. The Bertz CT molecular complexity index is 489. The lowest BCUT2D eigenvalue weighted by Gasteiger charge is -2.37. The Balaban J connectivity index is 5.34. The van der Waals surface area contributed by atoms with E-state index in [1.165, 1.54) is 0 Å². The van der Waals surface area contributed by atoms with Gasteiger partial charge in [-0.3, -0.25) is 0 Å². The Morgan fingerprint density at radius 2 is 1.33 bits per heavy atom. The van der Waals surface area contributed by atoms with Gasteiger partial charge in [0, 0.05) is 18.6 Å². The summed E-state index contributed by atoms with van der Waals surface area (Å²) < 4.78 is 18.9. The highest BCUT2D eigenvalue weighted by molar-refractivity contribution is 6.74. The molecule has 4 nitrogen and oxygen atoms in total. The number of hydrogen-bond donors (Lipinski definition) is 0. The van der Waals surface area contributed by atoms with Gasteiger partial charge < -0.3 is 13.6 Å². The van der Waals surface area contributed by atoms with Crippen molar-refractivity contribution >= 4 is 22.6 Å². The van der Waals surface area contributed by atoms with E-state index in [1.54, 1.807) is 6.08 Å². The number of carbonyl (C=O) groups is 1. The fraction of sp³-hybridized carbons (Fsp3) is 0.875. The Morgan fingerprint density at radius 3 is 1.73 bits per heavy atom. The van der Waals surface area contributed by atoms with Crippen LogP contribution in [0.2, 0.25) is 36.3 Å². The van der Waals surface area contributed by atoms with Gasteiger partial charge in [-0.05, 0) is 63.5 Å². The van der Waals surface area contributed by atoms with Gasteiger partial charge in [0.2, 0.25) is 0 Å². The van der Waals surface area contributed by atoms with E-state index in [0.29, 0.717) is 5.92 Å². The van der Waals surface area contributed by atoms with Gasteiger partial charge >= 0.3 is 5.97 Å². The lowest BCUT2D eigenvalue weighted by atomic mass is 10.0. The fourth-order valence-corrected chi connectivity index (χ4v) is 9.52. The zero-order valence-electron chi connectivity index (χ0n) is 21.6. The van der Waals surface area contributed by atoms with Crippen LogP contribution in [0.15, 0.2) is 12.2 Å². The molecule has 0 N–H and O–H groups in total. The van der Waals surface area contributed by atoms with Crippen molar-refractivity contribution < 1.29 is 18.4 Å². The SMILES string of the molecule is CC[Si](CC)(CC)OCC(C)C(C/C=C/C(=O)OC(C)(C)C)O[Si](CC)(CC)CC. The highest BCUT2D eigenvalue weighted by Gasteiger charge is 2.35. The number of carbonyl (C=O) groups excluding carboxylic acids is 1. The molecule has 2 unspecified atom stereocenters. The lowest BCUT2D eigenvalue weighted by Crippen LogP contribution is -2.44. The summed E-state index contributed by atoms with van der Waals surface area (Å²) in [5, 5.41) is 0. The predicted molar refractivity (Wildman–Crippen MR) is 134 cm³/mol. The van der Waals surface area contributed by atoms with Crippen LogP contribution in [0.5, 0.6) is 0 Å². The van der Waals surface area contributed by atoms with Gasteiger partial charge in [-0.1, -0.05) is 54.5 Å². The van der Waals surface area contributed by atoms with Gasteiger partial charge in [0.1, 0.15) is 5.60 Å². The average molecular weight is 459 g/mol. The highest BCUT2D eigenvalue weighted by Crippen LogP contribution is 2.29. The van der Waals surface area contributed by atoms with Gasteiger partial charge in [-0.25, -0.2) is 4.79 Å². The summed E-state index contributed by atoms with van der Waals surface area (Å²) in [5.41, 5.74) is -0.471. The van der Waals surface area contributed by atoms with E-state index in [4.69, 9.17) is 13.6 Å². The van der Waals surface area contributed by atoms with Crippen molar-refractivity contribution in [2.75, 3.05) is 6.61 Å². The first-order chi connectivity index (χ1) is 14.0. The van der Waals surface area contributed by atoms with Crippen molar-refractivity contribution in [1.82, 2.24) is 0 Å². The van der Waals surface area contributed by atoms with Crippen LogP contribution in [0, 0.1) is 5.92 Å². The fourth-order valence-electron chi connectivity index (χ4n) is 3.82. The van der Waals surface area contributed by atoms with Crippen LogP contribution in [0.25, 0.3) is 0 Å². The molecule has 0 aromatic rings. The maximum absolute atomic E-state index is 12.1. The number of ether oxygens (including phenoxy) is 1. The predicted octanol–water partition coefficient (Wildman–Crippen LogP) is 7.32. The largest absolute Gasteiger partial charge is 0.457 e. The third-order valence-corrected chi connectivity index (χ3v) is 15.9. The first-order valence-electron chi connectivity index (χ1n) is 12.2. The maximum atomic E-state index is 12.1. The lowest BCUT2D eigenvalue weighted by molar-refractivity contribution is -0.148. The molecule has 0 aliphatic heterocycles. The van der Waals surface area contributed by atoms with E-state index in [2.05, 4.69) is 48.5 Å². The maximum Gasteiger partial charge on any atom is 0.330 e. The van der Waals surface area contributed by atoms with Crippen LogP contribution in [0.3, 0.4) is 0 Å². The van der Waals surface area contributed by atoms with E-state index in [0.717, 1.165) is 49.3 Å².